The van der Waals surface area contributed by atoms with Crippen molar-refractivity contribution in [2.75, 3.05) is 11.9 Å². The van der Waals surface area contributed by atoms with Gasteiger partial charge in [0.1, 0.15) is 5.69 Å². The summed E-state index contributed by atoms with van der Waals surface area (Å²) in [5, 5.41) is 2.62. The zero-order chi connectivity index (χ0) is 16.1. The van der Waals surface area contributed by atoms with Crippen molar-refractivity contribution in [1.82, 2.24) is 4.98 Å². The zero-order valence-electron chi connectivity index (χ0n) is 11.7. The number of nitrogens with one attached hydrogen (secondary N) is 2. The van der Waals surface area contributed by atoms with Crippen LogP contribution in [0.1, 0.15) is 27.8 Å². The van der Waals surface area contributed by atoms with Gasteiger partial charge in [0.25, 0.3) is 5.91 Å². The third-order valence-electron chi connectivity index (χ3n) is 2.77. The van der Waals surface area contributed by atoms with Gasteiger partial charge in [0.15, 0.2) is 12.4 Å². The van der Waals surface area contributed by atoms with Gasteiger partial charge >= 0.3 is 5.97 Å². The van der Waals surface area contributed by atoms with Crippen LogP contribution < -0.4 is 5.32 Å². The van der Waals surface area contributed by atoms with Gasteiger partial charge in [-0.25, -0.2) is 4.79 Å². The predicted octanol–water partition coefficient (Wildman–Crippen LogP) is 2.62. The highest BCUT2D eigenvalue weighted by molar-refractivity contribution is 14.1. The van der Waals surface area contributed by atoms with Gasteiger partial charge in [-0.1, -0.05) is 0 Å². The molecule has 0 bridgehead atoms. The number of hydrogen-bond acceptors (Lipinski definition) is 4. The van der Waals surface area contributed by atoms with E-state index in [0.717, 1.165) is 3.57 Å². The Bertz CT molecular complexity index is 707. The van der Waals surface area contributed by atoms with E-state index in [1.807, 2.05) is 12.1 Å². The predicted molar refractivity (Wildman–Crippen MR) is 88.9 cm³/mol. The summed E-state index contributed by atoms with van der Waals surface area (Å²) in [4.78, 5) is 37.2. The highest BCUT2D eigenvalue weighted by Crippen LogP contribution is 2.11. The Balaban J connectivity index is 1.86. The molecule has 2 N–H and O–H groups in total. The van der Waals surface area contributed by atoms with Crippen LogP contribution in [-0.2, 0) is 9.53 Å². The van der Waals surface area contributed by atoms with Crippen LogP contribution in [0.25, 0.3) is 0 Å². The number of carbonyl (C=O) groups excluding carboxylic acids is 3. The van der Waals surface area contributed by atoms with Crippen molar-refractivity contribution in [2.24, 2.45) is 0 Å². The van der Waals surface area contributed by atoms with Crippen LogP contribution >= 0.6 is 22.6 Å². The second-order valence-corrected chi connectivity index (χ2v) is 5.74. The van der Waals surface area contributed by atoms with Crippen LogP contribution in [0.2, 0.25) is 0 Å². The van der Waals surface area contributed by atoms with E-state index in [2.05, 4.69) is 32.9 Å². The van der Waals surface area contributed by atoms with Gasteiger partial charge in [-0.05, 0) is 59.8 Å². The molecule has 1 aromatic carbocycles. The Morgan fingerprint density at radius 1 is 1.23 bits per heavy atom. The van der Waals surface area contributed by atoms with Crippen LogP contribution in [-0.4, -0.2) is 29.3 Å². The van der Waals surface area contributed by atoms with Gasteiger partial charge in [0.2, 0.25) is 0 Å². The molecule has 0 spiro atoms. The number of halogens is 1. The number of carbonyl (C=O) groups is 3. The molecule has 0 radical (unpaired) electrons. The van der Waals surface area contributed by atoms with Gasteiger partial charge in [-0.15, -0.1) is 0 Å². The summed E-state index contributed by atoms with van der Waals surface area (Å²) >= 11 is 2.16. The second kappa shape index (κ2) is 7.21. The number of esters is 1. The summed E-state index contributed by atoms with van der Waals surface area (Å²) in [5.41, 5.74) is 1.14. The lowest BCUT2D eigenvalue weighted by Gasteiger charge is -2.06. The molecule has 0 atom stereocenters. The Labute approximate surface area is 140 Å². The van der Waals surface area contributed by atoms with Crippen molar-refractivity contribution in [3.05, 3.63) is 51.4 Å². The molecule has 1 heterocycles. The van der Waals surface area contributed by atoms with Gasteiger partial charge in [0, 0.05) is 21.0 Å². The van der Waals surface area contributed by atoms with Gasteiger partial charge in [0.05, 0.1) is 0 Å². The lowest BCUT2D eigenvalue weighted by molar-refractivity contribution is -0.119. The average Bonchev–Trinajstić information content (AvgIpc) is 2.97. The highest BCUT2D eigenvalue weighted by Gasteiger charge is 2.13. The first-order valence-electron chi connectivity index (χ1n) is 6.37. The van der Waals surface area contributed by atoms with Crippen molar-refractivity contribution in [1.29, 1.82) is 0 Å². The molecule has 0 aliphatic rings. The van der Waals surface area contributed by atoms with E-state index < -0.39 is 18.5 Å². The molecule has 0 saturated heterocycles. The number of hydrogen-bond donors (Lipinski definition) is 2. The van der Waals surface area contributed by atoms with E-state index in [-0.39, 0.29) is 11.5 Å². The van der Waals surface area contributed by atoms with Crippen LogP contribution in [0.5, 0.6) is 0 Å². The molecule has 0 saturated carbocycles. The lowest BCUT2D eigenvalue weighted by atomic mass is 10.2. The Hall–Kier alpha value is -2.16. The smallest absolute Gasteiger partial charge is 0.355 e. The molecule has 1 aromatic heterocycles. The molecule has 2 aromatic rings. The van der Waals surface area contributed by atoms with Crippen LogP contribution in [0.4, 0.5) is 5.69 Å². The summed E-state index contributed by atoms with van der Waals surface area (Å²) in [6.07, 6.45) is 1.42. The molecule has 22 heavy (non-hydrogen) atoms. The second-order valence-electron chi connectivity index (χ2n) is 4.49. The maximum atomic E-state index is 11.7. The third-order valence-corrected chi connectivity index (χ3v) is 3.49. The average molecular weight is 412 g/mol. The monoisotopic (exact) mass is 412 g/mol. The molecule has 0 aliphatic heterocycles. The van der Waals surface area contributed by atoms with E-state index in [4.69, 9.17) is 4.74 Å². The first-order chi connectivity index (χ1) is 10.5. The summed E-state index contributed by atoms with van der Waals surface area (Å²) in [5.74, 6) is -1.29. The maximum Gasteiger partial charge on any atom is 0.355 e. The highest BCUT2D eigenvalue weighted by atomic mass is 127. The minimum atomic E-state index is -0.690. The largest absolute Gasteiger partial charge is 0.451 e. The number of rotatable bonds is 5. The van der Waals surface area contributed by atoms with Crippen molar-refractivity contribution in [3.63, 3.8) is 0 Å². The number of amides is 1. The number of ketones is 1. The molecule has 0 unspecified atom stereocenters. The number of Topliss-reactive ketones (excluding diaryl/α,β-unsaturated/α-hetero) is 1. The van der Waals surface area contributed by atoms with Gasteiger partial charge in [-0.3, -0.25) is 9.59 Å². The first-order valence-corrected chi connectivity index (χ1v) is 7.45. The fraction of sp³-hybridized carbons (Fsp3) is 0.133. The Morgan fingerprint density at radius 2 is 1.91 bits per heavy atom. The molecule has 0 fully saturated rings. The molecule has 6 nitrogen and oxygen atoms in total. The Kier molecular flexibility index (Phi) is 5.31. The standard InChI is InChI=1S/C15H13IN2O4/c1-9(19)10-6-13(17-7-10)15(21)22-8-14(20)18-12-4-2-11(16)3-5-12/h2-7,17H,8H2,1H3,(H,18,20). The third kappa shape index (κ3) is 4.42. The van der Waals surface area contributed by atoms with E-state index in [1.165, 1.54) is 19.2 Å². The summed E-state index contributed by atoms with van der Waals surface area (Å²) < 4.78 is 5.93. The fourth-order valence-corrected chi connectivity index (χ4v) is 2.01. The molecule has 2 rings (SSSR count). The number of H-pyrrole nitrogens is 1. The summed E-state index contributed by atoms with van der Waals surface area (Å²) in [6.45, 7) is 0.992. The van der Waals surface area contributed by atoms with E-state index >= 15 is 0 Å². The van der Waals surface area contributed by atoms with E-state index in [0.29, 0.717) is 11.3 Å². The number of aromatic amines is 1. The van der Waals surface area contributed by atoms with Crippen molar-refractivity contribution < 1.29 is 19.1 Å². The number of benzene rings is 1. The molecule has 114 valence electrons. The Morgan fingerprint density at radius 3 is 2.50 bits per heavy atom. The van der Waals surface area contributed by atoms with Gasteiger partial charge < -0.3 is 15.0 Å². The quantitative estimate of drug-likeness (QED) is 0.449. The fourth-order valence-electron chi connectivity index (χ4n) is 1.65. The SMILES string of the molecule is CC(=O)c1c[nH]c(C(=O)OCC(=O)Nc2ccc(I)cc2)c1. The maximum absolute atomic E-state index is 11.7. The normalized spacial score (nSPS) is 10.1. The lowest BCUT2D eigenvalue weighted by Crippen LogP contribution is -2.21. The molecular weight excluding hydrogens is 399 g/mol. The van der Waals surface area contributed by atoms with Crippen LogP contribution in [0, 0.1) is 3.57 Å². The van der Waals surface area contributed by atoms with Crippen molar-refractivity contribution in [3.8, 4) is 0 Å². The number of ether oxygens (including phenoxy) is 1. The topological polar surface area (TPSA) is 88.3 Å². The van der Waals surface area contributed by atoms with E-state index in [1.54, 1.807) is 12.1 Å². The van der Waals surface area contributed by atoms with Crippen molar-refractivity contribution >= 4 is 45.9 Å². The summed E-state index contributed by atoms with van der Waals surface area (Å²) in [6, 6.07) is 8.60. The van der Waals surface area contributed by atoms with Crippen molar-refractivity contribution in [2.45, 2.75) is 6.92 Å². The molecular formula is C15H13IN2O4. The van der Waals surface area contributed by atoms with Crippen LogP contribution in [0.15, 0.2) is 36.5 Å². The molecule has 7 heteroatoms. The minimum Gasteiger partial charge on any atom is -0.451 e. The number of anilines is 1. The molecule has 1 amide bonds. The zero-order valence-corrected chi connectivity index (χ0v) is 13.8. The van der Waals surface area contributed by atoms with Crippen LogP contribution in [0.3, 0.4) is 0 Å². The minimum absolute atomic E-state index is 0.132. The number of aromatic nitrogens is 1. The van der Waals surface area contributed by atoms with Gasteiger partial charge in [-0.2, -0.15) is 0 Å². The summed E-state index contributed by atoms with van der Waals surface area (Å²) in [7, 11) is 0. The van der Waals surface area contributed by atoms with E-state index in [9.17, 15) is 14.4 Å². The first kappa shape index (κ1) is 16.2. The molecule has 0 aliphatic carbocycles.